The fourth-order valence-corrected chi connectivity index (χ4v) is 4.04. The number of nitrogens with one attached hydrogen (secondary N) is 1. The van der Waals surface area contributed by atoms with Crippen LogP contribution in [-0.4, -0.2) is 27.6 Å². The molecule has 1 aliphatic carbocycles. The van der Waals surface area contributed by atoms with Crippen molar-refractivity contribution >= 4 is 28.3 Å². The molecule has 1 N–H and O–H groups in total. The molecule has 0 unspecified atom stereocenters. The van der Waals surface area contributed by atoms with Crippen LogP contribution in [0.3, 0.4) is 0 Å². The number of aliphatic imine (C=N–C) groups is 1. The molecule has 3 rings (SSSR count). The van der Waals surface area contributed by atoms with Crippen LogP contribution in [0.4, 0.5) is 5.69 Å². The van der Waals surface area contributed by atoms with Crippen molar-refractivity contribution in [3.8, 4) is 0 Å². The van der Waals surface area contributed by atoms with Gasteiger partial charge in [-0.05, 0) is 18.3 Å². The first-order chi connectivity index (χ1) is 11.5. The first-order valence-electron chi connectivity index (χ1n) is 8.32. The minimum atomic E-state index is -0.383. The van der Waals surface area contributed by atoms with Gasteiger partial charge in [0.05, 0.1) is 16.7 Å². The molecule has 0 bridgehead atoms. The quantitative estimate of drug-likeness (QED) is 0.666. The molecule has 0 aromatic heterocycles. The Morgan fingerprint density at radius 3 is 2.92 bits per heavy atom. The van der Waals surface area contributed by atoms with Gasteiger partial charge in [0.1, 0.15) is 0 Å². The van der Waals surface area contributed by atoms with Gasteiger partial charge >= 0.3 is 0 Å². The van der Waals surface area contributed by atoms with E-state index in [0.717, 1.165) is 22.9 Å². The molecule has 1 saturated carbocycles. The van der Waals surface area contributed by atoms with Crippen LogP contribution in [0.15, 0.2) is 34.4 Å². The third-order valence-corrected chi connectivity index (χ3v) is 5.86. The lowest BCUT2D eigenvalue weighted by molar-refractivity contribution is -0.384. The number of non-ortho nitro benzene ring substituents is 1. The second kappa shape index (κ2) is 7.34. The Morgan fingerprint density at radius 2 is 2.21 bits per heavy atom. The molecule has 24 heavy (non-hydrogen) atoms. The number of hydrogen-bond acceptors (Lipinski definition) is 5. The summed E-state index contributed by atoms with van der Waals surface area (Å²) in [6, 6.07) is 6.95. The molecule has 3 atom stereocenters. The third-order valence-electron chi connectivity index (χ3n) is 4.97. The van der Waals surface area contributed by atoms with E-state index in [9.17, 15) is 10.1 Å². The molecule has 1 aromatic carbocycles. The second-order valence-electron chi connectivity index (χ2n) is 6.54. The molecule has 0 radical (unpaired) electrons. The van der Waals surface area contributed by atoms with Crippen LogP contribution < -0.4 is 5.43 Å². The van der Waals surface area contributed by atoms with Gasteiger partial charge < -0.3 is 0 Å². The lowest BCUT2D eigenvalue weighted by atomic mass is 9.78. The van der Waals surface area contributed by atoms with E-state index in [4.69, 9.17) is 4.99 Å². The van der Waals surface area contributed by atoms with E-state index in [-0.39, 0.29) is 10.6 Å². The van der Waals surface area contributed by atoms with Crippen molar-refractivity contribution < 1.29 is 4.92 Å². The van der Waals surface area contributed by atoms with Gasteiger partial charge in [0.15, 0.2) is 5.17 Å². The Hall–Kier alpha value is -1.89. The summed E-state index contributed by atoms with van der Waals surface area (Å²) in [7, 11) is 0. The Morgan fingerprint density at radius 1 is 1.38 bits per heavy atom. The van der Waals surface area contributed by atoms with Crippen LogP contribution in [0.2, 0.25) is 0 Å². The van der Waals surface area contributed by atoms with Crippen LogP contribution in [0.25, 0.3) is 0 Å². The minimum absolute atomic E-state index is 0.0877. The zero-order valence-electron chi connectivity index (χ0n) is 13.9. The van der Waals surface area contributed by atoms with Gasteiger partial charge in [-0.1, -0.05) is 50.6 Å². The maximum atomic E-state index is 10.9. The number of benzene rings is 1. The number of rotatable bonds is 3. The van der Waals surface area contributed by atoms with E-state index in [2.05, 4.69) is 24.4 Å². The number of thioether (sulfide) groups is 1. The predicted octanol–water partition coefficient (Wildman–Crippen LogP) is 3.82. The second-order valence-corrected chi connectivity index (χ2v) is 7.50. The fraction of sp³-hybridized carbons (Fsp3) is 0.529. The number of hydrazone groups is 1. The van der Waals surface area contributed by atoms with E-state index in [1.807, 2.05) is 6.07 Å². The molecule has 6 nitrogen and oxygen atoms in total. The molecule has 0 amide bonds. The van der Waals surface area contributed by atoms with Gasteiger partial charge in [-0.15, -0.1) is 0 Å². The van der Waals surface area contributed by atoms with E-state index < -0.39 is 0 Å². The Bertz CT molecular complexity index is 689. The molecule has 1 heterocycles. The number of hydrogen-bond donors (Lipinski definition) is 1. The zero-order valence-corrected chi connectivity index (χ0v) is 14.8. The first kappa shape index (κ1) is 17.0. The van der Waals surface area contributed by atoms with Crippen LogP contribution in [0.5, 0.6) is 0 Å². The highest BCUT2D eigenvalue weighted by Crippen LogP contribution is 2.32. The first-order valence-corrected chi connectivity index (χ1v) is 9.31. The highest BCUT2D eigenvalue weighted by atomic mass is 32.2. The van der Waals surface area contributed by atoms with Crippen molar-refractivity contribution in [2.75, 3.05) is 5.75 Å². The monoisotopic (exact) mass is 346 g/mol. The van der Waals surface area contributed by atoms with Crippen molar-refractivity contribution in [3.63, 3.8) is 0 Å². The molecule has 128 valence electrons. The Kier molecular flexibility index (Phi) is 5.18. The van der Waals surface area contributed by atoms with Crippen LogP contribution in [0, 0.1) is 22.0 Å². The maximum absolute atomic E-state index is 10.9. The SMILES string of the molecule is C[C@@H]1[C@H](C)CCC[C@@H]1N=C1NN=C(c2cccc([N+](=O)[O-])c2)CS1. The summed E-state index contributed by atoms with van der Waals surface area (Å²) in [4.78, 5) is 15.4. The Labute approximate surface area is 146 Å². The van der Waals surface area contributed by atoms with Crippen molar-refractivity contribution in [2.45, 2.75) is 39.2 Å². The number of nitrogens with zero attached hydrogens (tertiary/aromatic N) is 3. The lowest BCUT2D eigenvalue weighted by Crippen LogP contribution is -2.32. The molecule has 1 aliphatic heterocycles. The number of amidine groups is 1. The Balaban J connectivity index is 1.71. The normalized spacial score (nSPS) is 29.0. The van der Waals surface area contributed by atoms with E-state index in [0.29, 0.717) is 23.6 Å². The minimum Gasteiger partial charge on any atom is -0.258 e. The summed E-state index contributed by atoms with van der Waals surface area (Å²) in [5.41, 5.74) is 4.71. The van der Waals surface area contributed by atoms with Crippen molar-refractivity contribution in [2.24, 2.45) is 21.9 Å². The van der Waals surface area contributed by atoms with Gasteiger partial charge in [0, 0.05) is 23.4 Å². The molecule has 1 aromatic rings. The van der Waals surface area contributed by atoms with Gasteiger partial charge in [-0.3, -0.25) is 20.5 Å². The molecule has 7 heteroatoms. The zero-order chi connectivity index (χ0) is 17.1. The highest BCUT2D eigenvalue weighted by Gasteiger charge is 2.27. The standard InChI is InChI=1S/C17H22N4O2S/c1-11-5-3-8-15(12(11)2)18-17-20-19-16(10-24-17)13-6-4-7-14(9-13)21(22)23/h4,6-7,9,11-12,15H,3,5,8,10H2,1-2H3,(H,18,20)/t11-,12-,15+/m1/s1. The average Bonchev–Trinajstić information content (AvgIpc) is 2.60. The van der Waals surface area contributed by atoms with Crippen molar-refractivity contribution in [3.05, 3.63) is 39.9 Å². The third kappa shape index (κ3) is 3.77. The van der Waals surface area contributed by atoms with Crippen molar-refractivity contribution in [1.29, 1.82) is 0 Å². The molecule has 0 spiro atoms. The summed E-state index contributed by atoms with van der Waals surface area (Å²) in [6.45, 7) is 4.58. The topological polar surface area (TPSA) is 79.9 Å². The van der Waals surface area contributed by atoms with E-state index >= 15 is 0 Å². The van der Waals surface area contributed by atoms with Gasteiger partial charge in [0.2, 0.25) is 0 Å². The van der Waals surface area contributed by atoms with E-state index in [1.54, 1.807) is 23.9 Å². The summed E-state index contributed by atoms with van der Waals surface area (Å²) in [5, 5.41) is 16.1. The van der Waals surface area contributed by atoms with Crippen LogP contribution >= 0.6 is 11.8 Å². The summed E-state index contributed by atoms with van der Waals surface area (Å²) >= 11 is 1.62. The van der Waals surface area contributed by atoms with E-state index in [1.165, 1.54) is 18.9 Å². The fourth-order valence-electron chi connectivity index (χ4n) is 3.22. The molecule has 1 fully saturated rings. The number of nitro groups is 1. The average molecular weight is 346 g/mol. The molecular formula is C17H22N4O2S. The maximum Gasteiger partial charge on any atom is 0.270 e. The largest absolute Gasteiger partial charge is 0.270 e. The molecular weight excluding hydrogens is 324 g/mol. The predicted molar refractivity (Wildman–Crippen MR) is 98.6 cm³/mol. The highest BCUT2D eigenvalue weighted by molar-refractivity contribution is 8.14. The van der Waals surface area contributed by atoms with Crippen LogP contribution in [0.1, 0.15) is 38.7 Å². The van der Waals surface area contributed by atoms with Gasteiger partial charge in [0.25, 0.3) is 5.69 Å². The smallest absolute Gasteiger partial charge is 0.258 e. The van der Waals surface area contributed by atoms with Crippen LogP contribution in [-0.2, 0) is 0 Å². The number of nitro benzene ring substituents is 1. The van der Waals surface area contributed by atoms with Crippen molar-refractivity contribution in [1.82, 2.24) is 5.43 Å². The van der Waals surface area contributed by atoms with Gasteiger partial charge in [-0.2, -0.15) is 5.10 Å². The summed E-state index contributed by atoms with van der Waals surface area (Å²) in [6.07, 6.45) is 3.66. The lowest BCUT2D eigenvalue weighted by Gasteiger charge is -2.32. The summed E-state index contributed by atoms with van der Waals surface area (Å²) in [5.74, 6) is 1.98. The van der Waals surface area contributed by atoms with Gasteiger partial charge in [-0.25, -0.2) is 0 Å². The molecule has 2 aliphatic rings. The summed E-state index contributed by atoms with van der Waals surface area (Å²) < 4.78 is 0. The molecule has 0 saturated heterocycles.